The van der Waals surface area contributed by atoms with Crippen LogP contribution in [-0.4, -0.2) is 29.5 Å². The Morgan fingerprint density at radius 1 is 1.12 bits per heavy atom. The Bertz CT molecular complexity index is 1240. The molecule has 1 amide bonds. The molecule has 164 valence electrons. The molecule has 32 heavy (non-hydrogen) atoms. The first kappa shape index (κ1) is 22.0. The van der Waals surface area contributed by atoms with Crippen LogP contribution in [-0.2, 0) is 12.8 Å². The number of amides is 1. The molecule has 1 aliphatic carbocycles. The van der Waals surface area contributed by atoms with Gasteiger partial charge in [0, 0.05) is 18.3 Å². The third kappa shape index (κ3) is 4.36. The topological polar surface area (TPSA) is 66.7 Å². The van der Waals surface area contributed by atoms with Crippen molar-refractivity contribution in [3.05, 3.63) is 70.4 Å². The van der Waals surface area contributed by atoms with E-state index in [1.165, 1.54) is 17.4 Å². The molecule has 0 saturated carbocycles. The standard InChI is InChI=1S/C24H22F2N4OS/c1-13(2)28-22(27-3)15-10-11-16-14(12-15)6-4-9-19-21(16)32-24(29-19)30-23(31)20-17(25)7-5-8-18(20)26/h5,7-8,10-12H,4,6,9H2,1-3H3,(H,29,30,31). The normalized spacial score (nSPS) is 13.1. The zero-order chi connectivity index (χ0) is 22.8. The Hall–Kier alpha value is -3.26. The predicted molar refractivity (Wildman–Crippen MR) is 125 cm³/mol. The van der Waals surface area contributed by atoms with Crippen LogP contribution in [0, 0.1) is 11.6 Å². The summed E-state index contributed by atoms with van der Waals surface area (Å²) in [6.07, 6.45) is 2.54. The van der Waals surface area contributed by atoms with E-state index < -0.39 is 23.1 Å². The fourth-order valence-electron chi connectivity index (χ4n) is 3.72. The smallest absolute Gasteiger partial charge is 0.263 e. The van der Waals surface area contributed by atoms with E-state index in [1.807, 2.05) is 26.0 Å². The van der Waals surface area contributed by atoms with E-state index in [-0.39, 0.29) is 0 Å². The lowest BCUT2D eigenvalue weighted by molar-refractivity contribution is 0.101. The van der Waals surface area contributed by atoms with Gasteiger partial charge < -0.3 is 0 Å². The number of thiazole rings is 1. The van der Waals surface area contributed by atoms with Crippen molar-refractivity contribution < 1.29 is 13.6 Å². The highest BCUT2D eigenvalue weighted by Crippen LogP contribution is 2.39. The molecule has 2 aromatic carbocycles. The first-order valence-electron chi connectivity index (χ1n) is 10.2. The molecule has 0 radical (unpaired) electrons. The van der Waals surface area contributed by atoms with E-state index in [1.54, 1.807) is 7.05 Å². The molecule has 1 heterocycles. The van der Waals surface area contributed by atoms with Gasteiger partial charge in [0.1, 0.15) is 17.2 Å². The molecule has 0 saturated heterocycles. The molecule has 4 rings (SSSR count). The molecule has 0 bridgehead atoms. The second-order valence-electron chi connectivity index (χ2n) is 7.68. The van der Waals surface area contributed by atoms with Crippen LogP contribution in [0.25, 0.3) is 10.4 Å². The van der Waals surface area contributed by atoms with E-state index in [0.717, 1.165) is 64.4 Å². The SMILES string of the molecule is CN=C(N=C(C)C)c1ccc2c(c1)CCCc1nc(NC(=O)c3c(F)cccc3F)sc1-2. The Morgan fingerprint density at radius 3 is 2.56 bits per heavy atom. The second kappa shape index (κ2) is 9.08. The van der Waals surface area contributed by atoms with Gasteiger partial charge in [-0.2, -0.15) is 0 Å². The first-order chi connectivity index (χ1) is 15.4. The number of aromatic nitrogens is 1. The highest BCUT2D eigenvalue weighted by Gasteiger charge is 2.23. The van der Waals surface area contributed by atoms with Gasteiger partial charge >= 0.3 is 0 Å². The van der Waals surface area contributed by atoms with Crippen LogP contribution in [0.3, 0.4) is 0 Å². The quantitative estimate of drug-likeness (QED) is 0.410. The van der Waals surface area contributed by atoms with E-state index in [9.17, 15) is 13.6 Å². The number of nitrogens with one attached hydrogen (secondary N) is 1. The molecule has 3 aromatic rings. The van der Waals surface area contributed by atoms with Crippen molar-refractivity contribution in [1.29, 1.82) is 0 Å². The summed E-state index contributed by atoms with van der Waals surface area (Å²) >= 11 is 1.31. The number of carbonyl (C=O) groups excluding carboxylic acids is 1. The van der Waals surface area contributed by atoms with Crippen LogP contribution < -0.4 is 5.32 Å². The van der Waals surface area contributed by atoms with Crippen molar-refractivity contribution in [2.45, 2.75) is 33.1 Å². The van der Waals surface area contributed by atoms with Crippen molar-refractivity contribution in [1.82, 2.24) is 4.98 Å². The van der Waals surface area contributed by atoms with Gasteiger partial charge in [-0.25, -0.2) is 18.8 Å². The highest BCUT2D eigenvalue weighted by atomic mass is 32.1. The number of hydrogen-bond acceptors (Lipinski definition) is 4. The van der Waals surface area contributed by atoms with Gasteiger partial charge in [-0.3, -0.25) is 15.1 Å². The molecule has 1 aromatic heterocycles. The number of rotatable bonds is 3. The van der Waals surface area contributed by atoms with Crippen molar-refractivity contribution >= 4 is 33.9 Å². The largest absolute Gasteiger partial charge is 0.298 e. The van der Waals surface area contributed by atoms with Crippen LogP contribution in [0.5, 0.6) is 0 Å². The number of carbonyl (C=O) groups is 1. The second-order valence-corrected chi connectivity index (χ2v) is 8.68. The number of fused-ring (bicyclic) bond motifs is 3. The Labute approximate surface area is 189 Å². The third-order valence-corrected chi connectivity index (χ3v) is 6.16. The minimum Gasteiger partial charge on any atom is -0.298 e. The van der Waals surface area contributed by atoms with Gasteiger partial charge in [0.2, 0.25) is 0 Å². The summed E-state index contributed by atoms with van der Waals surface area (Å²) in [5, 5.41) is 2.88. The molecule has 5 nitrogen and oxygen atoms in total. The highest BCUT2D eigenvalue weighted by molar-refractivity contribution is 7.19. The average molecular weight is 453 g/mol. The molecule has 0 unspecified atom stereocenters. The number of anilines is 1. The van der Waals surface area contributed by atoms with Gasteiger partial charge in [-0.15, -0.1) is 0 Å². The van der Waals surface area contributed by atoms with E-state index in [2.05, 4.69) is 26.4 Å². The molecule has 8 heteroatoms. The predicted octanol–water partition coefficient (Wildman–Crippen LogP) is 5.69. The summed E-state index contributed by atoms with van der Waals surface area (Å²) in [6.45, 7) is 3.86. The number of benzene rings is 2. The number of hydrogen-bond donors (Lipinski definition) is 1. The minimum absolute atomic E-state index is 0.321. The van der Waals surface area contributed by atoms with Gasteiger partial charge in [0.25, 0.3) is 5.91 Å². The number of nitrogens with zero attached hydrogens (tertiary/aromatic N) is 3. The maximum absolute atomic E-state index is 14.0. The van der Waals surface area contributed by atoms with Crippen molar-refractivity contribution in [2.24, 2.45) is 9.98 Å². The molecule has 0 aliphatic heterocycles. The Kier molecular flexibility index (Phi) is 6.23. The number of aryl methyl sites for hydroxylation is 2. The molecule has 0 atom stereocenters. The Morgan fingerprint density at radius 2 is 1.88 bits per heavy atom. The maximum Gasteiger partial charge on any atom is 0.263 e. The third-order valence-electron chi connectivity index (χ3n) is 5.12. The molecular weight excluding hydrogens is 430 g/mol. The monoisotopic (exact) mass is 452 g/mol. The number of amidine groups is 1. The summed E-state index contributed by atoms with van der Waals surface area (Å²) in [5.41, 5.74) is 4.34. The fourth-order valence-corrected chi connectivity index (χ4v) is 4.79. The van der Waals surface area contributed by atoms with Crippen LogP contribution in [0.1, 0.15) is 47.4 Å². The van der Waals surface area contributed by atoms with E-state index in [0.29, 0.717) is 11.0 Å². The Balaban J connectivity index is 1.67. The lowest BCUT2D eigenvalue weighted by Crippen LogP contribution is -2.15. The van der Waals surface area contributed by atoms with E-state index in [4.69, 9.17) is 0 Å². The molecule has 1 N–H and O–H groups in total. The summed E-state index contributed by atoms with van der Waals surface area (Å²) in [5.74, 6) is -1.98. The van der Waals surface area contributed by atoms with Crippen LogP contribution in [0.2, 0.25) is 0 Å². The lowest BCUT2D eigenvalue weighted by Gasteiger charge is -2.09. The van der Waals surface area contributed by atoms with Crippen LogP contribution in [0.15, 0.2) is 46.4 Å². The number of aliphatic imine (C=N–C) groups is 2. The summed E-state index contributed by atoms with van der Waals surface area (Å²) < 4.78 is 27.9. The summed E-state index contributed by atoms with van der Waals surface area (Å²) in [6, 6.07) is 9.45. The average Bonchev–Trinajstić information content (AvgIpc) is 3.05. The van der Waals surface area contributed by atoms with Crippen molar-refractivity contribution in [2.75, 3.05) is 12.4 Å². The van der Waals surface area contributed by atoms with Crippen molar-refractivity contribution in [3.63, 3.8) is 0 Å². The van der Waals surface area contributed by atoms with Crippen molar-refractivity contribution in [3.8, 4) is 10.4 Å². The van der Waals surface area contributed by atoms with Gasteiger partial charge in [0.05, 0.1) is 10.6 Å². The fraction of sp³-hybridized carbons (Fsp3) is 0.250. The van der Waals surface area contributed by atoms with Gasteiger partial charge in [0.15, 0.2) is 11.0 Å². The van der Waals surface area contributed by atoms with E-state index >= 15 is 0 Å². The number of halogens is 2. The zero-order valence-corrected chi connectivity index (χ0v) is 18.8. The van der Waals surface area contributed by atoms with Crippen LogP contribution >= 0.6 is 11.3 Å². The molecule has 1 aliphatic rings. The first-order valence-corrected chi connectivity index (χ1v) is 11.1. The maximum atomic E-state index is 14.0. The summed E-state index contributed by atoms with van der Waals surface area (Å²) in [4.78, 5) is 26.8. The lowest BCUT2D eigenvalue weighted by atomic mass is 10.0. The van der Waals surface area contributed by atoms with Gasteiger partial charge in [-0.05, 0) is 62.4 Å². The minimum atomic E-state index is -0.906. The molecule has 0 fully saturated rings. The molecule has 0 spiro atoms. The van der Waals surface area contributed by atoms with Crippen LogP contribution in [0.4, 0.5) is 13.9 Å². The summed E-state index contributed by atoms with van der Waals surface area (Å²) in [7, 11) is 1.72. The van der Waals surface area contributed by atoms with Gasteiger partial charge in [-0.1, -0.05) is 29.5 Å². The molecular formula is C24H22F2N4OS. The zero-order valence-electron chi connectivity index (χ0n) is 18.0.